The van der Waals surface area contributed by atoms with Crippen molar-refractivity contribution in [3.63, 3.8) is 0 Å². The number of nitrogens with one attached hydrogen (secondary N) is 2. The fraction of sp³-hybridized carbons (Fsp3) is 0.217. The molecule has 3 rings (SSSR count). The second kappa shape index (κ2) is 10.1. The molecule has 0 aliphatic carbocycles. The Morgan fingerprint density at radius 3 is 2.39 bits per heavy atom. The molecule has 3 aromatic rings. The summed E-state index contributed by atoms with van der Waals surface area (Å²) in [6.07, 6.45) is 1.77. The van der Waals surface area contributed by atoms with Gasteiger partial charge in [-0.05, 0) is 42.3 Å². The van der Waals surface area contributed by atoms with E-state index in [-0.39, 0.29) is 0 Å². The Kier molecular flexibility index (Phi) is 7.01. The lowest BCUT2D eigenvalue weighted by Gasteiger charge is -2.13. The van der Waals surface area contributed by atoms with Crippen LogP contribution >= 0.6 is 0 Å². The number of aromatic nitrogens is 1. The topological polar surface area (TPSA) is 58.5 Å². The highest BCUT2D eigenvalue weighted by molar-refractivity contribution is 5.79. The second-order valence-corrected chi connectivity index (χ2v) is 6.52. The molecule has 5 heteroatoms. The van der Waals surface area contributed by atoms with Crippen molar-refractivity contribution in [3.8, 4) is 5.75 Å². The predicted molar refractivity (Wildman–Crippen MR) is 113 cm³/mol. The van der Waals surface area contributed by atoms with Crippen LogP contribution in [0.4, 0.5) is 0 Å². The monoisotopic (exact) mass is 374 g/mol. The third-order valence-electron chi connectivity index (χ3n) is 4.26. The first-order chi connectivity index (χ1) is 13.7. The molecule has 0 radical (unpaired) electrons. The quantitative estimate of drug-likeness (QED) is 0.487. The summed E-state index contributed by atoms with van der Waals surface area (Å²) in [7, 11) is 1.78. The first-order valence-corrected chi connectivity index (χ1v) is 9.34. The van der Waals surface area contributed by atoms with Crippen molar-refractivity contribution in [2.24, 2.45) is 4.99 Å². The van der Waals surface area contributed by atoms with Gasteiger partial charge in [-0.2, -0.15) is 0 Å². The fourth-order valence-corrected chi connectivity index (χ4v) is 2.76. The number of nitrogens with zero attached hydrogens (tertiary/aromatic N) is 2. The highest BCUT2D eigenvalue weighted by Gasteiger charge is 2.01. The Morgan fingerprint density at radius 2 is 1.71 bits per heavy atom. The minimum Gasteiger partial charge on any atom is -0.487 e. The molecular formula is C23H26N4O. The van der Waals surface area contributed by atoms with E-state index < -0.39 is 0 Å². The Labute approximate surface area is 166 Å². The van der Waals surface area contributed by atoms with Crippen molar-refractivity contribution >= 4 is 5.96 Å². The maximum Gasteiger partial charge on any atom is 0.191 e. The van der Waals surface area contributed by atoms with E-state index in [9.17, 15) is 0 Å². The molecule has 0 bridgehead atoms. The van der Waals surface area contributed by atoms with Gasteiger partial charge in [-0.15, -0.1) is 0 Å². The summed E-state index contributed by atoms with van der Waals surface area (Å²) in [6, 6.07) is 22.3. The number of ether oxygens (including phenoxy) is 1. The van der Waals surface area contributed by atoms with Gasteiger partial charge in [0.2, 0.25) is 0 Å². The van der Waals surface area contributed by atoms with Gasteiger partial charge >= 0.3 is 0 Å². The number of pyridine rings is 1. The summed E-state index contributed by atoms with van der Waals surface area (Å²) in [6.45, 7) is 3.99. The number of benzene rings is 2. The zero-order chi connectivity index (χ0) is 19.6. The first kappa shape index (κ1) is 19.4. The summed E-state index contributed by atoms with van der Waals surface area (Å²) < 4.78 is 5.77. The number of hydrogen-bond donors (Lipinski definition) is 2. The van der Waals surface area contributed by atoms with Crippen LogP contribution < -0.4 is 15.4 Å². The molecule has 0 aliphatic rings. The molecule has 2 N–H and O–H groups in total. The summed E-state index contributed by atoms with van der Waals surface area (Å²) in [4.78, 5) is 8.54. The summed E-state index contributed by atoms with van der Waals surface area (Å²) >= 11 is 0. The van der Waals surface area contributed by atoms with Gasteiger partial charge in [-0.25, -0.2) is 0 Å². The molecule has 0 aliphatic heterocycles. The lowest BCUT2D eigenvalue weighted by atomic mass is 10.1. The van der Waals surface area contributed by atoms with Crippen LogP contribution in [-0.4, -0.2) is 18.0 Å². The number of guanidine groups is 1. The average molecular weight is 374 g/mol. The Morgan fingerprint density at radius 1 is 0.929 bits per heavy atom. The van der Waals surface area contributed by atoms with E-state index in [1.165, 1.54) is 11.1 Å². The molecule has 0 spiro atoms. The maximum atomic E-state index is 5.77. The molecule has 1 heterocycles. The van der Waals surface area contributed by atoms with Crippen LogP contribution in [0.5, 0.6) is 5.75 Å². The van der Waals surface area contributed by atoms with E-state index in [0.29, 0.717) is 13.2 Å². The summed E-state index contributed by atoms with van der Waals surface area (Å²) in [5, 5.41) is 6.68. The van der Waals surface area contributed by atoms with E-state index in [0.717, 1.165) is 29.5 Å². The molecule has 0 saturated heterocycles. The number of hydrogen-bond acceptors (Lipinski definition) is 3. The second-order valence-electron chi connectivity index (χ2n) is 6.52. The molecule has 0 fully saturated rings. The minimum atomic E-state index is 0.466. The lowest BCUT2D eigenvalue weighted by Crippen LogP contribution is -2.36. The van der Waals surface area contributed by atoms with Crippen molar-refractivity contribution in [2.45, 2.75) is 26.6 Å². The molecule has 0 saturated carbocycles. The van der Waals surface area contributed by atoms with Crippen molar-refractivity contribution in [3.05, 3.63) is 95.3 Å². The normalized spacial score (nSPS) is 11.1. The van der Waals surface area contributed by atoms with Gasteiger partial charge in [0.15, 0.2) is 5.96 Å². The number of aryl methyl sites for hydroxylation is 1. The molecular weight excluding hydrogens is 348 g/mol. The van der Waals surface area contributed by atoms with Crippen LogP contribution in [0.2, 0.25) is 0 Å². The van der Waals surface area contributed by atoms with Crippen molar-refractivity contribution in [1.82, 2.24) is 15.6 Å². The first-order valence-electron chi connectivity index (χ1n) is 9.34. The van der Waals surface area contributed by atoms with Gasteiger partial charge in [0.1, 0.15) is 12.4 Å². The molecule has 5 nitrogen and oxygen atoms in total. The van der Waals surface area contributed by atoms with Gasteiger partial charge in [-0.3, -0.25) is 9.98 Å². The van der Waals surface area contributed by atoms with E-state index in [4.69, 9.17) is 4.74 Å². The average Bonchev–Trinajstić information content (AvgIpc) is 2.74. The van der Waals surface area contributed by atoms with E-state index >= 15 is 0 Å². The van der Waals surface area contributed by atoms with Crippen molar-refractivity contribution in [1.29, 1.82) is 0 Å². The third kappa shape index (κ3) is 6.13. The Balaban J connectivity index is 1.45. The van der Waals surface area contributed by atoms with Crippen LogP contribution in [0, 0.1) is 6.92 Å². The van der Waals surface area contributed by atoms with E-state index in [1.807, 2.05) is 30.3 Å². The number of rotatable bonds is 7. The summed E-state index contributed by atoms with van der Waals surface area (Å²) in [5.41, 5.74) is 4.56. The molecule has 144 valence electrons. The van der Waals surface area contributed by atoms with Gasteiger partial charge < -0.3 is 15.4 Å². The van der Waals surface area contributed by atoms with Gasteiger partial charge in [0.25, 0.3) is 0 Å². The largest absolute Gasteiger partial charge is 0.487 e. The Bertz CT molecular complexity index is 892. The smallest absolute Gasteiger partial charge is 0.191 e. The zero-order valence-corrected chi connectivity index (χ0v) is 16.4. The summed E-state index contributed by atoms with van der Waals surface area (Å²) in [5.74, 6) is 1.60. The molecule has 2 aromatic carbocycles. The molecule has 0 amide bonds. The van der Waals surface area contributed by atoms with Crippen molar-refractivity contribution < 1.29 is 4.74 Å². The molecule has 0 unspecified atom stereocenters. The predicted octanol–water partition coefficient (Wildman–Crippen LogP) is 3.83. The maximum absolute atomic E-state index is 5.77. The van der Waals surface area contributed by atoms with Gasteiger partial charge in [-0.1, -0.05) is 48.0 Å². The third-order valence-corrected chi connectivity index (χ3v) is 4.26. The Hall–Kier alpha value is -3.34. The molecule has 28 heavy (non-hydrogen) atoms. The van der Waals surface area contributed by atoms with E-state index in [1.54, 1.807) is 13.2 Å². The van der Waals surface area contributed by atoms with E-state index in [2.05, 4.69) is 63.9 Å². The highest BCUT2D eigenvalue weighted by atomic mass is 16.5. The number of aliphatic imine (C=N–C) groups is 1. The lowest BCUT2D eigenvalue weighted by molar-refractivity contribution is 0.301. The van der Waals surface area contributed by atoms with Crippen molar-refractivity contribution in [2.75, 3.05) is 7.05 Å². The standard InChI is InChI=1S/C23H26N4O/c1-18-6-5-7-20(14-18)16-27-23(24-2)26-15-19-9-11-22(12-10-19)28-17-21-8-3-4-13-25-21/h3-14H,15-17H2,1-2H3,(H2,24,26,27). The highest BCUT2D eigenvalue weighted by Crippen LogP contribution is 2.13. The fourth-order valence-electron chi connectivity index (χ4n) is 2.76. The van der Waals surface area contributed by atoms with Gasteiger partial charge in [0, 0.05) is 26.3 Å². The van der Waals surface area contributed by atoms with Gasteiger partial charge in [0.05, 0.1) is 5.69 Å². The van der Waals surface area contributed by atoms with Crippen LogP contribution in [-0.2, 0) is 19.7 Å². The molecule has 1 aromatic heterocycles. The van der Waals surface area contributed by atoms with Crippen LogP contribution in [0.25, 0.3) is 0 Å². The van der Waals surface area contributed by atoms with Crippen LogP contribution in [0.3, 0.4) is 0 Å². The van der Waals surface area contributed by atoms with Crippen LogP contribution in [0.15, 0.2) is 77.9 Å². The SMILES string of the molecule is CN=C(NCc1ccc(OCc2ccccn2)cc1)NCc1cccc(C)c1. The van der Waals surface area contributed by atoms with Crippen LogP contribution in [0.1, 0.15) is 22.4 Å². The minimum absolute atomic E-state index is 0.466. The zero-order valence-electron chi connectivity index (χ0n) is 16.4. The molecule has 0 atom stereocenters.